The minimum Gasteiger partial charge on any atom is -0.316 e. The number of fused-ring (bicyclic) bond motifs is 3. The van der Waals surface area contributed by atoms with Crippen molar-refractivity contribution in [2.24, 2.45) is 7.05 Å². The predicted octanol–water partition coefficient (Wildman–Crippen LogP) is 1.58. The first-order valence-corrected chi connectivity index (χ1v) is 6.36. The molecule has 2 aliphatic heterocycles. The molecule has 3 unspecified atom stereocenters. The standard InChI is InChI=1S/C13H16N4/c1-17-12(9-7-8-4-5-10(9)15-8)16-11-3-2-6-14-13(11)17/h2-3,6,8-10,15H,4-5,7H2,1H3. The molecule has 2 aromatic heterocycles. The van der Waals surface area contributed by atoms with Crippen molar-refractivity contribution >= 4 is 11.2 Å². The predicted molar refractivity (Wildman–Crippen MR) is 65.8 cm³/mol. The van der Waals surface area contributed by atoms with Crippen LogP contribution in [0.15, 0.2) is 18.3 Å². The lowest BCUT2D eigenvalue weighted by Crippen LogP contribution is -2.23. The van der Waals surface area contributed by atoms with Crippen molar-refractivity contribution in [3.05, 3.63) is 24.2 Å². The molecule has 1 N–H and O–H groups in total. The van der Waals surface area contributed by atoms with Gasteiger partial charge in [0.2, 0.25) is 0 Å². The molecule has 2 bridgehead atoms. The number of hydrogen-bond acceptors (Lipinski definition) is 3. The second-order valence-corrected chi connectivity index (χ2v) is 5.26. The van der Waals surface area contributed by atoms with Gasteiger partial charge in [-0.3, -0.25) is 0 Å². The van der Waals surface area contributed by atoms with Crippen molar-refractivity contribution < 1.29 is 0 Å². The van der Waals surface area contributed by atoms with Gasteiger partial charge in [0.1, 0.15) is 11.3 Å². The highest BCUT2D eigenvalue weighted by Gasteiger charge is 2.41. The molecule has 0 aromatic carbocycles. The van der Waals surface area contributed by atoms with Crippen LogP contribution in [0.4, 0.5) is 0 Å². The van der Waals surface area contributed by atoms with E-state index in [0.717, 1.165) is 17.2 Å². The van der Waals surface area contributed by atoms with Gasteiger partial charge in [-0.25, -0.2) is 9.97 Å². The Morgan fingerprint density at radius 1 is 1.41 bits per heavy atom. The normalized spacial score (nSPS) is 31.5. The molecule has 2 fully saturated rings. The number of aromatic nitrogens is 3. The molecule has 17 heavy (non-hydrogen) atoms. The van der Waals surface area contributed by atoms with E-state index in [4.69, 9.17) is 4.98 Å². The minimum atomic E-state index is 0.577. The largest absolute Gasteiger partial charge is 0.316 e. The topological polar surface area (TPSA) is 42.7 Å². The van der Waals surface area contributed by atoms with Gasteiger partial charge in [0.25, 0.3) is 0 Å². The fourth-order valence-corrected chi connectivity index (χ4v) is 3.48. The van der Waals surface area contributed by atoms with Crippen LogP contribution in [0.5, 0.6) is 0 Å². The number of imidazole rings is 1. The molecule has 4 rings (SSSR count). The van der Waals surface area contributed by atoms with Crippen LogP contribution in [-0.4, -0.2) is 26.6 Å². The summed E-state index contributed by atoms with van der Waals surface area (Å²) < 4.78 is 2.17. The van der Waals surface area contributed by atoms with E-state index in [9.17, 15) is 0 Å². The molecular weight excluding hydrogens is 212 g/mol. The number of aryl methyl sites for hydroxylation is 1. The van der Waals surface area contributed by atoms with E-state index in [2.05, 4.69) is 21.9 Å². The van der Waals surface area contributed by atoms with Gasteiger partial charge in [-0.1, -0.05) is 0 Å². The van der Waals surface area contributed by atoms with Crippen molar-refractivity contribution in [2.75, 3.05) is 0 Å². The Bertz CT molecular complexity index is 574. The van der Waals surface area contributed by atoms with Gasteiger partial charge in [0.15, 0.2) is 5.65 Å². The summed E-state index contributed by atoms with van der Waals surface area (Å²) in [5, 5.41) is 3.67. The highest BCUT2D eigenvalue weighted by Crippen LogP contribution is 2.39. The third-order valence-electron chi connectivity index (χ3n) is 4.29. The molecule has 4 heteroatoms. The smallest absolute Gasteiger partial charge is 0.159 e. The summed E-state index contributed by atoms with van der Waals surface area (Å²) in [6.07, 6.45) is 5.71. The van der Waals surface area contributed by atoms with Gasteiger partial charge in [-0.05, 0) is 31.4 Å². The van der Waals surface area contributed by atoms with Crippen LogP contribution in [0.3, 0.4) is 0 Å². The minimum absolute atomic E-state index is 0.577. The zero-order valence-corrected chi connectivity index (χ0v) is 9.93. The average molecular weight is 228 g/mol. The molecule has 0 aliphatic carbocycles. The van der Waals surface area contributed by atoms with Crippen molar-refractivity contribution in [3.63, 3.8) is 0 Å². The molecule has 2 saturated heterocycles. The fourth-order valence-electron chi connectivity index (χ4n) is 3.48. The molecule has 0 spiro atoms. The molecule has 4 nitrogen and oxygen atoms in total. The van der Waals surface area contributed by atoms with Gasteiger partial charge < -0.3 is 9.88 Å². The first kappa shape index (κ1) is 9.59. The summed E-state index contributed by atoms with van der Waals surface area (Å²) in [5.41, 5.74) is 2.03. The van der Waals surface area contributed by atoms with Crippen molar-refractivity contribution in [1.82, 2.24) is 19.9 Å². The maximum atomic E-state index is 4.77. The number of nitrogens with one attached hydrogen (secondary N) is 1. The van der Waals surface area contributed by atoms with E-state index in [1.54, 1.807) is 0 Å². The monoisotopic (exact) mass is 228 g/mol. The van der Waals surface area contributed by atoms with Crippen LogP contribution in [0, 0.1) is 0 Å². The van der Waals surface area contributed by atoms with E-state index in [0.29, 0.717) is 12.0 Å². The zero-order chi connectivity index (χ0) is 11.4. The number of rotatable bonds is 1. The lowest BCUT2D eigenvalue weighted by molar-refractivity contribution is 0.478. The molecule has 0 radical (unpaired) electrons. The summed E-state index contributed by atoms with van der Waals surface area (Å²) in [4.78, 5) is 9.19. The summed E-state index contributed by atoms with van der Waals surface area (Å²) in [7, 11) is 2.09. The highest BCUT2D eigenvalue weighted by atomic mass is 15.1. The lowest BCUT2D eigenvalue weighted by Gasteiger charge is -2.19. The quantitative estimate of drug-likeness (QED) is 0.805. The van der Waals surface area contributed by atoms with Gasteiger partial charge >= 0.3 is 0 Å². The van der Waals surface area contributed by atoms with Crippen LogP contribution in [-0.2, 0) is 7.05 Å². The molecule has 2 aromatic rings. The van der Waals surface area contributed by atoms with E-state index in [1.807, 2.05) is 18.3 Å². The van der Waals surface area contributed by atoms with Gasteiger partial charge in [-0.15, -0.1) is 0 Å². The molecule has 2 aliphatic rings. The summed E-state index contributed by atoms with van der Waals surface area (Å²) >= 11 is 0. The number of pyridine rings is 1. The molecule has 88 valence electrons. The van der Waals surface area contributed by atoms with E-state index in [1.165, 1.54) is 25.1 Å². The van der Waals surface area contributed by atoms with E-state index >= 15 is 0 Å². The third-order valence-corrected chi connectivity index (χ3v) is 4.29. The molecule has 0 saturated carbocycles. The van der Waals surface area contributed by atoms with E-state index < -0.39 is 0 Å². The molecule has 4 heterocycles. The van der Waals surface area contributed by atoms with Crippen molar-refractivity contribution in [3.8, 4) is 0 Å². The van der Waals surface area contributed by atoms with Crippen LogP contribution in [0.25, 0.3) is 11.2 Å². The molecular formula is C13H16N4. The van der Waals surface area contributed by atoms with E-state index in [-0.39, 0.29) is 0 Å². The Morgan fingerprint density at radius 3 is 3.06 bits per heavy atom. The molecule has 0 amide bonds. The van der Waals surface area contributed by atoms with Crippen LogP contribution in [0.1, 0.15) is 31.0 Å². The first-order valence-electron chi connectivity index (χ1n) is 6.36. The average Bonchev–Trinajstić information content (AvgIpc) is 3.03. The SMILES string of the molecule is Cn1c(C2CC3CCC2N3)nc2cccnc21. The van der Waals surface area contributed by atoms with Gasteiger partial charge in [0, 0.05) is 31.2 Å². The van der Waals surface area contributed by atoms with Gasteiger partial charge in [0.05, 0.1) is 0 Å². The Labute approximate surface area is 100 Å². The Hall–Kier alpha value is -1.42. The summed E-state index contributed by atoms with van der Waals surface area (Å²) in [6, 6.07) is 5.36. The first-order chi connectivity index (χ1) is 8.33. The Balaban J connectivity index is 1.83. The summed E-state index contributed by atoms with van der Waals surface area (Å²) in [6.45, 7) is 0. The number of nitrogens with zero attached hydrogens (tertiary/aromatic N) is 3. The Kier molecular flexibility index (Phi) is 1.86. The molecule has 3 atom stereocenters. The van der Waals surface area contributed by atoms with Crippen LogP contribution >= 0.6 is 0 Å². The number of hydrogen-bond donors (Lipinski definition) is 1. The highest BCUT2D eigenvalue weighted by molar-refractivity contribution is 5.71. The maximum Gasteiger partial charge on any atom is 0.159 e. The van der Waals surface area contributed by atoms with Crippen LogP contribution < -0.4 is 5.32 Å². The van der Waals surface area contributed by atoms with Crippen LogP contribution in [0.2, 0.25) is 0 Å². The van der Waals surface area contributed by atoms with Crippen molar-refractivity contribution in [1.29, 1.82) is 0 Å². The lowest BCUT2D eigenvalue weighted by atomic mass is 9.88. The van der Waals surface area contributed by atoms with Gasteiger partial charge in [-0.2, -0.15) is 0 Å². The maximum absolute atomic E-state index is 4.77. The fraction of sp³-hybridized carbons (Fsp3) is 0.538. The zero-order valence-electron chi connectivity index (χ0n) is 9.93. The van der Waals surface area contributed by atoms with Crippen molar-refractivity contribution in [2.45, 2.75) is 37.3 Å². The third kappa shape index (κ3) is 1.27. The summed E-state index contributed by atoms with van der Waals surface area (Å²) in [5.74, 6) is 1.78. The Morgan fingerprint density at radius 2 is 2.35 bits per heavy atom. The second kappa shape index (κ2) is 3.29. The second-order valence-electron chi connectivity index (χ2n) is 5.26.